The van der Waals surface area contributed by atoms with Crippen molar-refractivity contribution < 1.29 is 23.0 Å². The Hall–Kier alpha value is -2.70. The van der Waals surface area contributed by atoms with Gasteiger partial charge in [-0.3, -0.25) is 4.79 Å². The summed E-state index contributed by atoms with van der Waals surface area (Å²) >= 11 is 0. The molecule has 1 saturated carbocycles. The highest BCUT2D eigenvalue weighted by Crippen LogP contribution is 2.52. The number of aromatic nitrogens is 1. The van der Waals surface area contributed by atoms with E-state index >= 15 is 0 Å². The fourth-order valence-electron chi connectivity index (χ4n) is 3.21. The summed E-state index contributed by atoms with van der Waals surface area (Å²) in [6.45, 7) is 5.83. The van der Waals surface area contributed by atoms with Crippen LogP contribution in [0.15, 0.2) is 24.3 Å². The fraction of sp³-hybridized carbons (Fsp3) is 0.368. The van der Waals surface area contributed by atoms with Gasteiger partial charge in [0, 0.05) is 5.69 Å². The van der Waals surface area contributed by atoms with E-state index in [4.69, 9.17) is 0 Å². The molecule has 1 amide bonds. The lowest BCUT2D eigenvalue weighted by Gasteiger charge is -2.17. The zero-order chi connectivity index (χ0) is 18.7. The van der Waals surface area contributed by atoms with E-state index in [0.29, 0.717) is 24.2 Å². The molecular weight excluding hydrogens is 342 g/mol. The molecule has 0 bridgehead atoms. The van der Waals surface area contributed by atoms with Crippen molar-refractivity contribution in [3.63, 3.8) is 0 Å². The van der Waals surface area contributed by atoms with Gasteiger partial charge in [-0.25, -0.2) is 4.98 Å². The molecule has 5 nitrogen and oxygen atoms in total. The van der Waals surface area contributed by atoms with Crippen LogP contribution in [-0.4, -0.2) is 17.2 Å². The lowest BCUT2D eigenvalue weighted by molar-refractivity contribution is -0.286. The van der Waals surface area contributed by atoms with E-state index in [9.17, 15) is 13.6 Å². The van der Waals surface area contributed by atoms with Gasteiger partial charge < -0.3 is 14.8 Å². The number of amides is 1. The number of carbonyl (C=O) groups is 1. The van der Waals surface area contributed by atoms with E-state index in [2.05, 4.69) is 19.8 Å². The van der Waals surface area contributed by atoms with Crippen LogP contribution in [-0.2, 0) is 10.2 Å². The number of alkyl halides is 2. The van der Waals surface area contributed by atoms with Gasteiger partial charge in [-0.15, -0.1) is 8.78 Å². The number of carbonyl (C=O) groups excluding carboxylic acids is 1. The molecule has 1 aromatic heterocycles. The highest BCUT2D eigenvalue weighted by Gasteiger charge is 2.52. The largest absolute Gasteiger partial charge is 0.586 e. The average Bonchev–Trinajstić information content (AvgIpc) is 3.30. The van der Waals surface area contributed by atoms with Crippen LogP contribution in [0.2, 0.25) is 0 Å². The third-order valence-electron chi connectivity index (χ3n) is 5.16. The Bertz CT molecular complexity index is 900. The minimum Gasteiger partial charge on any atom is -0.395 e. The Labute approximate surface area is 149 Å². The van der Waals surface area contributed by atoms with Crippen LogP contribution in [0.5, 0.6) is 11.5 Å². The maximum atomic E-state index is 13.2. The predicted molar refractivity (Wildman–Crippen MR) is 90.6 cm³/mol. The summed E-state index contributed by atoms with van der Waals surface area (Å²) in [6, 6.07) is 6.34. The number of pyridine rings is 1. The minimum absolute atomic E-state index is 0.0265. The summed E-state index contributed by atoms with van der Waals surface area (Å²) in [7, 11) is 0. The zero-order valence-corrected chi connectivity index (χ0v) is 14.7. The minimum atomic E-state index is -3.67. The molecule has 0 spiro atoms. The zero-order valence-electron chi connectivity index (χ0n) is 14.7. The molecule has 1 aliphatic carbocycles. The van der Waals surface area contributed by atoms with Gasteiger partial charge in [0.2, 0.25) is 5.91 Å². The monoisotopic (exact) mass is 360 g/mol. The maximum absolute atomic E-state index is 13.2. The predicted octanol–water partition coefficient (Wildman–Crippen LogP) is 4.00. The second kappa shape index (κ2) is 5.40. The molecule has 7 heteroatoms. The molecule has 1 N–H and O–H groups in total. The van der Waals surface area contributed by atoms with Gasteiger partial charge in [0.1, 0.15) is 5.82 Å². The smallest absolute Gasteiger partial charge is 0.395 e. The maximum Gasteiger partial charge on any atom is 0.586 e. The van der Waals surface area contributed by atoms with Crippen molar-refractivity contribution in [1.29, 1.82) is 0 Å². The van der Waals surface area contributed by atoms with Crippen LogP contribution >= 0.6 is 0 Å². The standard InChI is InChI=1S/C19H18F2N2O3/c1-10-8-16(22-12(3)11(10)2)23-17(24)18(6-7-18)13-4-5-14-15(9-13)26-19(20,21)25-14/h4-5,8-9H,6-7H2,1-3H3,(H,22,23,24). The second-order valence-electron chi connectivity index (χ2n) is 6.90. The number of anilines is 1. The Balaban J connectivity index is 1.59. The van der Waals surface area contributed by atoms with Crippen LogP contribution in [0.3, 0.4) is 0 Å². The van der Waals surface area contributed by atoms with Crippen molar-refractivity contribution in [2.75, 3.05) is 5.32 Å². The van der Waals surface area contributed by atoms with E-state index in [1.807, 2.05) is 26.8 Å². The summed E-state index contributed by atoms with van der Waals surface area (Å²) in [6.07, 6.45) is -2.39. The lowest BCUT2D eigenvalue weighted by Crippen LogP contribution is -2.28. The van der Waals surface area contributed by atoms with E-state index in [1.54, 1.807) is 6.07 Å². The number of rotatable bonds is 3. The van der Waals surface area contributed by atoms with Crippen LogP contribution in [0.4, 0.5) is 14.6 Å². The lowest BCUT2D eigenvalue weighted by atomic mass is 9.94. The quantitative estimate of drug-likeness (QED) is 0.899. The Morgan fingerprint density at radius 1 is 1.12 bits per heavy atom. The topological polar surface area (TPSA) is 60.5 Å². The molecule has 136 valence electrons. The summed E-state index contributed by atoms with van der Waals surface area (Å²) in [4.78, 5) is 17.3. The summed E-state index contributed by atoms with van der Waals surface area (Å²) in [5.74, 6) is 0.223. The molecule has 1 aliphatic heterocycles. The number of ether oxygens (including phenoxy) is 2. The van der Waals surface area contributed by atoms with E-state index in [1.165, 1.54) is 12.1 Å². The Morgan fingerprint density at radius 3 is 2.46 bits per heavy atom. The first-order valence-electron chi connectivity index (χ1n) is 8.37. The molecule has 0 unspecified atom stereocenters. The summed E-state index contributed by atoms with van der Waals surface area (Å²) in [5, 5.41) is 2.87. The van der Waals surface area contributed by atoms with Gasteiger partial charge in [0.05, 0.1) is 5.41 Å². The fourth-order valence-corrected chi connectivity index (χ4v) is 3.21. The average molecular weight is 360 g/mol. The molecular formula is C19H18F2N2O3. The normalized spacial score (nSPS) is 18.5. The SMILES string of the molecule is Cc1cc(NC(=O)C2(c3ccc4c(c3)OC(F)(F)O4)CC2)nc(C)c1C. The van der Waals surface area contributed by atoms with E-state index in [0.717, 1.165) is 16.8 Å². The van der Waals surface area contributed by atoms with Gasteiger partial charge in [-0.1, -0.05) is 6.07 Å². The van der Waals surface area contributed by atoms with Crippen LogP contribution < -0.4 is 14.8 Å². The highest BCUT2D eigenvalue weighted by atomic mass is 19.3. The molecule has 2 aromatic rings. The van der Waals surface area contributed by atoms with Crippen molar-refractivity contribution in [2.45, 2.75) is 45.3 Å². The number of fused-ring (bicyclic) bond motifs is 1. The molecule has 26 heavy (non-hydrogen) atoms. The van der Waals surface area contributed by atoms with Gasteiger partial charge in [0.15, 0.2) is 11.5 Å². The first kappa shape index (κ1) is 16.8. The van der Waals surface area contributed by atoms with Gasteiger partial charge in [0.25, 0.3) is 0 Å². The molecule has 2 aliphatic rings. The molecule has 1 aromatic carbocycles. The Morgan fingerprint density at radius 2 is 1.81 bits per heavy atom. The summed E-state index contributed by atoms with van der Waals surface area (Å²) in [5.41, 5.74) is 2.87. The number of nitrogens with zero attached hydrogens (tertiary/aromatic N) is 1. The molecule has 0 saturated heterocycles. The molecule has 4 rings (SSSR count). The van der Waals surface area contributed by atoms with Crippen LogP contribution in [0.1, 0.15) is 35.2 Å². The Kier molecular flexibility index (Phi) is 3.48. The van der Waals surface area contributed by atoms with Crippen molar-refractivity contribution in [3.05, 3.63) is 46.6 Å². The van der Waals surface area contributed by atoms with Crippen LogP contribution in [0.25, 0.3) is 0 Å². The van der Waals surface area contributed by atoms with Gasteiger partial charge >= 0.3 is 6.29 Å². The van der Waals surface area contributed by atoms with Gasteiger partial charge in [-0.2, -0.15) is 0 Å². The number of hydrogen-bond acceptors (Lipinski definition) is 4. The molecule has 2 heterocycles. The van der Waals surface area contributed by atoms with Crippen LogP contribution in [0, 0.1) is 20.8 Å². The number of nitrogens with one attached hydrogen (secondary N) is 1. The van der Waals surface area contributed by atoms with E-state index in [-0.39, 0.29) is 17.4 Å². The van der Waals surface area contributed by atoms with Gasteiger partial charge in [-0.05, 0) is 68.5 Å². The van der Waals surface area contributed by atoms with E-state index < -0.39 is 11.7 Å². The third-order valence-corrected chi connectivity index (χ3v) is 5.16. The van der Waals surface area contributed by atoms with Crippen molar-refractivity contribution in [1.82, 2.24) is 4.98 Å². The van der Waals surface area contributed by atoms with Crippen molar-refractivity contribution in [2.24, 2.45) is 0 Å². The number of benzene rings is 1. The molecule has 0 radical (unpaired) electrons. The second-order valence-corrected chi connectivity index (χ2v) is 6.90. The molecule has 1 fully saturated rings. The van der Waals surface area contributed by atoms with Crippen molar-refractivity contribution in [3.8, 4) is 11.5 Å². The third kappa shape index (κ3) is 2.67. The first-order valence-corrected chi connectivity index (χ1v) is 8.37. The highest BCUT2D eigenvalue weighted by molar-refractivity contribution is 6.01. The number of hydrogen-bond donors (Lipinski definition) is 1. The number of halogens is 2. The van der Waals surface area contributed by atoms with Crippen molar-refractivity contribution >= 4 is 11.7 Å². The summed E-state index contributed by atoms with van der Waals surface area (Å²) < 4.78 is 35.3. The molecule has 0 atom stereocenters. The first-order chi connectivity index (χ1) is 12.2. The number of aryl methyl sites for hydroxylation is 2.